The lowest BCUT2D eigenvalue weighted by Gasteiger charge is -2.35. The molecule has 0 atom stereocenters. The van der Waals surface area contributed by atoms with Crippen molar-refractivity contribution in [3.8, 4) is 11.7 Å². The molecule has 10 heteroatoms. The minimum absolute atomic E-state index is 0.0701. The van der Waals surface area contributed by atoms with Crippen LogP contribution in [0.25, 0.3) is 5.82 Å². The van der Waals surface area contributed by atoms with Crippen LogP contribution < -0.4 is 9.64 Å². The third-order valence-electron chi connectivity index (χ3n) is 4.62. The van der Waals surface area contributed by atoms with Crippen molar-refractivity contribution >= 4 is 11.7 Å². The van der Waals surface area contributed by atoms with Gasteiger partial charge in [0, 0.05) is 44.6 Å². The molecular formula is C19H22N8O2. The summed E-state index contributed by atoms with van der Waals surface area (Å²) in [6.45, 7) is 6.25. The zero-order valence-electron chi connectivity index (χ0n) is 16.4. The van der Waals surface area contributed by atoms with Gasteiger partial charge in [0.25, 0.3) is 5.91 Å². The van der Waals surface area contributed by atoms with Crippen LogP contribution in [0.4, 0.5) is 5.82 Å². The molecule has 3 aromatic rings. The van der Waals surface area contributed by atoms with Crippen LogP contribution in [0.15, 0.2) is 36.7 Å². The Balaban J connectivity index is 1.32. The zero-order chi connectivity index (χ0) is 20.2. The molecule has 1 amide bonds. The van der Waals surface area contributed by atoms with Gasteiger partial charge in [0.15, 0.2) is 18.2 Å². The smallest absolute Gasteiger partial charge is 0.260 e. The van der Waals surface area contributed by atoms with Gasteiger partial charge in [-0.1, -0.05) is 0 Å². The van der Waals surface area contributed by atoms with Crippen LogP contribution in [-0.4, -0.2) is 73.5 Å². The van der Waals surface area contributed by atoms with Crippen LogP contribution in [0.2, 0.25) is 0 Å². The first-order valence-corrected chi connectivity index (χ1v) is 9.40. The van der Waals surface area contributed by atoms with Gasteiger partial charge in [0.05, 0.1) is 5.69 Å². The molecule has 1 saturated heterocycles. The number of carbonyl (C=O) groups excluding carboxylic acids is 1. The standard InChI is InChI=1S/C19H22N8O2/c1-14-4-5-16(24-23-14)25-8-10-26(11-9-25)19(28)13-29-18-12-17(21-15(2)22-18)27-7-3-6-20-27/h3-7,12H,8-11,13H2,1-2H3. The van der Waals surface area contributed by atoms with Gasteiger partial charge >= 0.3 is 0 Å². The molecule has 3 aromatic heterocycles. The summed E-state index contributed by atoms with van der Waals surface area (Å²) in [5.41, 5.74) is 0.885. The third-order valence-corrected chi connectivity index (χ3v) is 4.62. The van der Waals surface area contributed by atoms with E-state index in [0.717, 1.165) is 11.5 Å². The van der Waals surface area contributed by atoms with Crippen molar-refractivity contribution in [3.63, 3.8) is 0 Å². The second-order valence-corrected chi connectivity index (χ2v) is 6.75. The van der Waals surface area contributed by atoms with E-state index in [9.17, 15) is 4.79 Å². The van der Waals surface area contributed by atoms with Gasteiger partial charge in [-0.15, -0.1) is 5.10 Å². The second kappa shape index (κ2) is 8.21. The Labute approximate surface area is 168 Å². The maximum absolute atomic E-state index is 12.6. The summed E-state index contributed by atoms with van der Waals surface area (Å²) < 4.78 is 7.27. The number of anilines is 1. The second-order valence-electron chi connectivity index (χ2n) is 6.75. The molecule has 0 unspecified atom stereocenters. The number of rotatable bonds is 5. The lowest BCUT2D eigenvalue weighted by Crippen LogP contribution is -2.50. The quantitative estimate of drug-likeness (QED) is 0.626. The van der Waals surface area contributed by atoms with E-state index in [-0.39, 0.29) is 12.5 Å². The number of ether oxygens (including phenoxy) is 1. The summed E-state index contributed by atoms with van der Waals surface area (Å²) in [5.74, 6) is 2.26. The Morgan fingerprint density at radius 3 is 2.59 bits per heavy atom. The molecule has 0 aromatic carbocycles. The Morgan fingerprint density at radius 2 is 1.90 bits per heavy atom. The number of carbonyl (C=O) groups is 1. The van der Waals surface area contributed by atoms with Gasteiger partial charge in [0.2, 0.25) is 5.88 Å². The Kier molecular flexibility index (Phi) is 5.32. The van der Waals surface area contributed by atoms with Crippen molar-refractivity contribution in [2.75, 3.05) is 37.7 Å². The number of piperazine rings is 1. The van der Waals surface area contributed by atoms with Crippen molar-refractivity contribution < 1.29 is 9.53 Å². The number of aromatic nitrogens is 6. The first-order chi connectivity index (χ1) is 14.1. The van der Waals surface area contributed by atoms with Gasteiger partial charge in [-0.3, -0.25) is 4.79 Å². The highest BCUT2D eigenvalue weighted by Crippen LogP contribution is 2.15. The average molecular weight is 394 g/mol. The number of amides is 1. The Hall–Kier alpha value is -3.56. The molecule has 0 saturated carbocycles. The van der Waals surface area contributed by atoms with E-state index in [1.54, 1.807) is 35.0 Å². The molecule has 0 bridgehead atoms. The largest absolute Gasteiger partial charge is 0.467 e. The van der Waals surface area contributed by atoms with Crippen LogP contribution >= 0.6 is 0 Å². The Bertz CT molecular complexity index is 966. The van der Waals surface area contributed by atoms with Crippen LogP contribution in [0.5, 0.6) is 5.88 Å². The fraction of sp³-hybridized carbons (Fsp3) is 0.368. The molecule has 4 rings (SSSR count). The summed E-state index contributed by atoms with van der Waals surface area (Å²) in [6, 6.07) is 7.37. The molecule has 150 valence electrons. The van der Waals surface area contributed by atoms with Crippen molar-refractivity contribution in [3.05, 3.63) is 48.2 Å². The number of hydrogen-bond acceptors (Lipinski definition) is 8. The monoisotopic (exact) mass is 394 g/mol. The maximum Gasteiger partial charge on any atom is 0.260 e. The number of hydrogen-bond donors (Lipinski definition) is 0. The molecule has 4 heterocycles. The molecule has 1 aliphatic rings. The van der Waals surface area contributed by atoms with E-state index in [4.69, 9.17) is 4.74 Å². The van der Waals surface area contributed by atoms with Gasteiger partial charge < -0.3 is 14.5 Å². The molecule has 0 radical (unpaired) electrons. The Morgan fingerprint density at radius 1 is 1.07 bits per heavy atom. The third kappa shape index (κ3) is 4.48. The van der Waals surface area contributed by atoms with Crippen LogP contribution in [0, 0.1) is 13.8 Å². The molecular weight excluding hydrogens is 372 g/mol. The molecule has 1 fully saturated rings. The number of nitrogens with zero attached hydrogens (tertiary/aromatic N) is 8. The highest BCUT2D eigenvalue weighted by molar-refractivity contribution is 5.78. The summed E-state index contributed by atoms with van der Waals surface area (Å²) >= 11 is 0. The lowest BCUT2D eigenvalue weighted by molar-refractivity contribution is -0.133. The van der Waals surface area contributed by atoms with Gasteiger partial charge in [-0.25, -0.2) is 9.67 Å². The first kappa shape index (κ1) is 18.8. The summed E-state index contributed by atoms with van der Waals surface area (Å²) in [4.78, 5) is 25.1. The average Bonchev–Trinajstić information content (AvgIpc) is 3.27. The topological polar surface area (TPSA) is 102 Å². The van der Waals surface area contributed by atoms with Crippen molar-refractivity contribution in [1.29, 1.82) is 0 Å². The first-order valence-electron chi connectivity index (χ1n) is 9.40. The van der Waals surface area contributed by atoms with E-state index in [1.807, 2.05) is 25.1 Å². The predicted octanol–water partition coefficient (Wildman–Crippen LogP) is 0.797. The summed E-state index contributed by atoms with van der Waals surface area (Å²) in [5, 5.41) is 12.5. The minimum Gasteiger partial charge on any atom is -0.467 e. The highest BCUT2D eigenvalue weighted by Gasteiger charge is 2.22. The van der Waals surface area contributed by atoms with Crippen molar-refractivity contribution in [1.82, 2.24) is 34.8 Å². The van der Waals surface area contributed by atoms with Crippen molar-refractivity contribution in [2.24, 2.45) is 0 Å². The van der Waals surface area contributed by atoms with Crippen LogP contribution in [-0.2, 0) is 4.79 Å². The highest BCUT2D eigenvalue weighted by atomic mass is 16.5. The van der Waals surface area contributed by atoms with E-state index < -0.39 is 0 Å². The molecule has 0 aliphatic carbocycles. The van der Waals surface area contributed by atoms with Gasteiger partial charge in [-0.05, 0) is 32.0 Å². The SMILES string of the molecule is Cc1ccc(N2CCN(C(=O)COc3cc(-n4cccn4)nc(C)n3)CC2)nn1. The van der Waals surface area contributed by atoms with E-state index in [0.29, 0.717) is 43.7 Å². The van der Waals surface area contributed by atoms with E-state index >= 15 is 0 Å². The fourth-order valence-electron chi connectivity index (χ4n) is 3.09. The predicted molar refractivity (Wildman–Crippen MR) is 105 cm³/mol. The molecule has 1 aliphatic heterocycles. The lowest BCUT2D eigenvalue weighted by atomic mass is 10.3. The summed E-state index contributed by atoms with van der Waals surface area (Å²) in [6.07, 6.45) is 3.46. The number of aryl methyl sites for hydroxylation is 2. The fourth-order valence-corrected chi connectivity index (χ4v) is 3.09. The molecule has 0 N–H and O–H groups in total. The van der Waals surface area contributed by atoms with E-state index in [2.05, 4.69) is 30.2 Å². The normalized spacial score (nSPS) is 14.1. The van der Waals surface area contributed by atoms with Crippen LogP contribution in [0.1, 0.15) is 11.5 Å². The molecule has 10 nitrogen and oxygen atoms in total. The molecule has 29 heavy (non-hydrogen) atoms. The minimum atomic E-state index is -0.0726. The van der Waals surface area contributed by atoms with Crippen molar-refractivity contribution in [2.45, 2.75) is 13.8 Å². The summed E-state index contributed by atoms with van der Waals surface area (Å²) in [7, 11) is 0. The van der Waals surface area contributed by atoms with E-state index in [1.165, 1.54) is 0 Å². The van der Waals surface area contributed by atoms with Crippen LogP contribution in [0.3, 0.4) is 0 Å². The van der Waals surface area contributed by atoms with Gasteiger partial charge in [0.1, 0.15) is 5.82 Å². The van der Waals surface area contributed by atoms with Gasteiger partial charge in [-0.2, -0.15) is 15.2 Å². The zero-order valence-corrected chi connectivity index (χ0v) is 16.4. The maximum atomic E-state index is 12.6. The molecule has 0 spiro atoms.